The summed E-state index contributed by atoms with van der Waals surface area (Å²) >= 11 is 0. The number of nitrogens with two attached hydrogens (primary N) is 2. The fourth-order valence-electron chi connectivity index (χ4n) is 2.61. The first-order valence-electron chi connectivity index (χ1n) is 7.04. The summed E-state index contributed by atoms with van der Waals surface area (Å²) in [6.07, 6.45) is 2.13. The summed E-state index contributed by atoms with van der Waals surface area (Å²) in [6.45, 7) is 18.6. The van der Waals surface area contributed by atoms with E-state index in [1.54, 1.807) is 0 Å². The highest BCUT2D eigenvalue weighted by Crippen LogP contribution is 2.49. The number of rotatable bonds is 8. The molecule has 0 heterocycles. The summed E-state index contributed by atoms with van der Waals surface area (Å²) in [5.74, 6) is 0. The summed E-state index contributed by atoms with van der Waals surface area (Å²) < 4.78 is 0.413. The van der Waals surface area contributed by atoms with Crippen LogP contribution in [0, 0.1) is 5.41 Å². The SMILES string of the molecule is CC(C)(N)CC(C)(C)SSC(C)(C)CC(C)(C)CN. The third-order valence-electron chi connectivity index (χ3n) is 2.83. The summed E-state index contributed by atoms with van der Waals surface area (Å²) in [6, 6.07) is 0. The van der Waals surface area contributed by atoms with Crippen molar-refractivity contribution < 1.29 is 0 Å². The molecule has 0 aliphatic rings. The monoisotopic (exact) mass is 306 g/mol. The van der Waals surface area contributed by atoms with Crippen molar-refractivity contribution in [1.29, 1.82) is 0 Å². The molecule has 0 aliphatic carbocycles. The minimum absolute atomic E-state index is 0.113. The highest BCUT2D eigenvalue weighted by molar-refractivity contribution is 8.77. The van der Waals surface area contributed by atoms with Gasteiger partial charge in [-0.1, -0.05) is 35.4 Å². The predicted octanol–water partition coefficient (Wildman–Crippen LogP) is 4.43. The Morgan fingerprint density at radius 3 is 1.42 bits per heavy atom. The fraction of sp³-hybridized carbons (Fsp3) is 1.00. The quantitative estimate of drug-likeness (QED) is 0.651. The second-order valence-corrected chi connectivity index (χ2v) is 11.9. The lowest BCUT2D eigenvalue weighted by Gasteiger charge is -2.37. The molecular formula is C15H34N2S2. The van der Waals surface area contributed by atoms with Gasteiger partial charge in [0.05, 0.1) is 0 Å². The maximum Gasteiger partial charge on any atom is 0.0224 e. The van der Waals surface area contributed by atoms with Crippen LogP contribution in [0.15, 0.2) is 0 Å². The van der Waals surface area contributed by atoms with Gasteiger partial charge in [0, 0.05) is 15.0 Å². The molecule has 116 valence electrons. The largest absolute Gasteiger partial charge is 0.330 e. The Balaban J connectivity index is 4.45. The van der Waals surface area contributed by atoms with E-state index in [4.69, 9.17) is 11.5 Å². The zero-order chi connectivity index (χ0) is 15.5. The second kappa shape index (κ2) is 6.59. The zero-order valence-electron chi connectivity index (χ0n) is 14.1. The molecule has 0 fully saturated rings. The maximum absolute atomic E-state index is 6.15. The first-order chi connectivity index (χ1) is 8.18. The molecule has 0 aromatic carbocycles. The van der Waals surface area contributed by atoms with Crippen LogP contribution in [-0.2, 0) is 0 Å². The van der Waals surface area contributed by atoms with Gasteiger partial charge in [-0.05, 0) is 66.3 Å². The number of hydrogen-bond donors (Lipinski definition) is 2. The molecule has 0 radical (unpaired) electrons. The minimum atomic E-state index is -0.113. The van der Waals surface area contributed by atoms with Gasteiger partial charge in [-0.15, -0.1) is 0 Å². The fourth-order valence-corrected chi connectivity index (χ4v) is 5.65. The van der Waals surface area contributed by atoms with Crippen molar-refractivity contribution in [2.45, 2.75) is 83.3 Å². The van der Waals surface area contributed by atoms with Crippen LogP contribution in [0.3, 0.4) is 0 Å². The lowest BCUT2D eigenvalue weighted by Crippen LogP contribution is -2.39. The van der Waals surface area contributed by atoms with Crippen molar-refractivity contribution in [3.63, 3.8) is 0 Å². The molecule has 4 heteroatoms. The molecule has 0 aliphatic heterocycles. The number of hydrogen-bond acceptors (Lipinski definition) is 4. The molecule has 0 spiro atoms. The normalized spacial score (nSPS) is 14.8. The van der Waals surface area contributed by atoms with Gasteiger partial charge >= 0.3 is 0 Å². The highest BCUT2D eigenvalue weighted by atomic mass is 33.1. The predicted molar refractivity (Wildman–Crippen MR) is 93.7 cm³/mol. The van der Waals surface area contributed by atoms with Crippen LogP contribution in [0.1, 0.15) is 68.2 Å². The summed E-state index contributed by atoms with van der Waals surface area (Å²) in [7, 11) is 3.93. The van der Waals surface area contributed by atoms with Crippen LogP contribution < -0.4 is 11.5 Å². The van der Waals surface area contributed by atoms with Crippen LogP contribution in [0.5, 0.6) is 0 Å². The van der Waals surface area contributed by atoms with Crippen molar-refractivity contribution >= 4 is 21.6 Å². The minimum Gasteiger partial charge on any atom is -0.330 e. The molecule has 0 saturated carbocycles. The molecule has 0 amide bonds. The summed E-state index contributed by atoms with van der Waals surface area (Å²) in [4.78, 5) is 0. The van der Waals surface area contributed by atoms with Crippen LogP contribution in [-0.4, -0.2) is 21.6 Å². The van der Waals surface area contributed by atoms with E-state index >= 15 is 0 Å². The van der Waals surface area contributed by atoms with Gasteiger partial charge < -0.3 is 11.5 Å². The van der Waals surface area contributed by atoms with Gasteiger partial charge in [-0.3, -0.25) is 0 Å². The Labute approximate surface area is 128 Å². The van der Waals surface area contributed by atoms with E-state index in [0.717, 1.165) is 19.4 Å². The maximum atomic E-state index is 6.15. The van der Waals surface area contributed by atoms with Crippen molar-refractivity contribution in [2.75, 3.05) is 6.54 Å². The first-order valence-corrected chi connectivity index (χ1v) is 9.19. The van der Waals surface area contributed by atoms with E-state index in [1.807, 2.05) is 21.6 Å². The van der Waals surface area contributed by atoms with Gasteiger partial charge in [0.2, 0.25) is 0 Å². The Morgan fingerprint density at radius 2 is 1.11 bits per heavy atom. The molecular weight excluding hydrogens is 272 g/mol. The van der Waals surface area contributed by atoms with Crippen molar-refractivity contribution in [1.82, 2.24) is 0 Å². The Kier molecular flexibility index (Phi) is 6.80. The topological polar surface area (TPSA) is 52.0 Å². The molecule has 2 nitrogen and oxygen atoms in total. The van der Waals surface area contributed by atoms with E-state index in [0.29, 0.717) is 0 Å². The van der Waals surface area contributed by atoms with E-state index in [9.17, 15) is 0 Å². The Morgan fingerprint density at radius 1 is 0.737 bits per heavy atom. The average Bonchev–Trinajstić information content (AvgIpc) is 2.10. The summed E-state index contributed by atoms with van der Waals surface area (Å²) in [5, 5.41) is 0. The molecule has 0 saturated heterocycles. The average molecular weight is 307 g/mol. The molecule has 4 N–H and O–H groups in total. The molecule has 0 unspecified atom stereocenters. The highest BCUT2D eigenvalue weighted by Gasteiger charge is 2.33. The second-order valence-electron chi connectivity index (χ2n) is 8.40. The lowest BCUT2D eigenvalue weighted by atomic mass is 9.84. The van der Waals surface area contributed by atoms with Gasteiger partial charge in [0.15, 0.2) is 0 Å². The Hall–Kier alpha value is 0.620. The molecule has 0 aromatic heterocycles. The van der Waals surface area contributed by atoms with Gasteiger partial charge in [0.25, 0.3) is 0 Å². The van der Waals surface area contributed by atoms with E-state index in [1.165, 1.54) is 0 Å². The lowest BCUT2D eigenvalue weighted by molar-refractivity contribution is 0.315. The van der Waals surface area contributed by atoms with E-state index < -0.39 is 0 Å². The molecule has 0 rings (SSSR count). The van der Waals surface area contributed by atoms with Crippen LogP contribution >= 0.6 is 21.6 Å². The Bertz CT molecular complexity index is 278. The van der Waals surface area contributed by atoms with Gasteiger partial charge in [-0.25, -0.2) is 0 Å². The molecule has 19 heavy (non-hydrogen) atoms. The molecule has 0 aromatic rings. The van der Waals surface area contributed by atoms with Crippen LogP contribution in [0.4, 0.5) is 0 Å². The standard InChI is InChI=1S/C15H34N2S2/c1-12(2,11-16)9-14(5,6)18-19-15(7,8)10-13(3,4)17/h9-11,16-17H2,1-8H3. The summed E-state index contributed by atoms with van der Waals surface area (Å²) in [5.41, 5.74) is 12.1. The zero-order valence-corrected chi connectivity index (χ0v) is 15.7. The van der Waals surface area contributed by atoms with E-state index in [-0.39, 0.29) is 20.4 Å². The van der Waals surface area contributed by atoms with Gasteiger partial charge in [-0.2, -0.15) is 0 Å². The third kappa shape index (κ3) is 10.1. The van der Waals surface area contributed by atoms with Crippen molar-refractivity contribution in [3.8, 4) is 0 Å². The van der Waals surface area contributed by atoms with Crippen molar-refractivity contribution in [3.05, 3.63) is 0 Å². The molecule has 0 bridgehead atoms. The van der Waals surface area contributed by atoms with Gasteiger partial charge in [0.1, 0.15) is 0 Å². The smallest absolute Gasteiger partial charge is 0.0224 e. The van der Waals surface area contributed by atoms with Crippen LogP contribution in [0.2, 0.25) is 0 Å². The van der Waals surface area contributed by atoms with Crippen molar-refractivity contribution in [2.24, 2.45) is 16.9 Å². The van der Waals surface area contributed by atoms with E-state index in [2.05, 4.69) is 55.4 Å². The third-order valence-corrected chi connectivity index (χ3v) is 7.06. The van der Waals surface area contributed by atoms with Crippen LogP contribution in [0.25, 0.3) is 0 Å². The first kappa shape index (κ1) is 19.6. The molecule has 0 atom stereocenters.